The number of carbonyl (C=O) groups excluding carboxylic acids is 1. The molecule has 3 rings (SSSR count). The Bertz CT molecular complexity index is 613. The largest absolute Gasteiger partial charge is 0.361 e. The number of carbonyl (C=O) groups is 1. The molecule has 0 spiro atoms. The number of nitrogens with one attached hydrogen (secondary N) is 2. The second kappa shape index (κ2) is 6.31. The van der Waals surface area contributed by atoms with Gasteiger partial charge in [-0.3, -0.25) is 4.79 Å². The number of aromatic amines is 1. The van der Waals surface area contributed by atoms with Gasteiger partial charge in [0.25, 0.3) is 5.91 Å². The quantitative estimate of drug-likeness (QED) is 0.887. The second-order valence-corrected chi connectivity index (χ2v) is 6.07. The number of amides is 1. The van der Waals surface area contributed by atoms with Gasteiger partial charge >= 0.3 is 0 Å². The van der Waals surface area contributed by atoms with Crippen molar-refractivity contribution in [3.63, 3.8) is 0 Å². The molecule has 2 aromatic rings. The topological polar surface area (TPSA) is 48.1 Å². The monoisotopic (exact) mass is 285 g/mol. The molecule has 0 radical (unpaired) electrons. The number of rotatable bonds is 5. The first kappa shape index (κ1) is 14.1. The zero-order valence-electron chi connectivity index (χ0n) is 12.6. The van der Waals surface area contributed by atoms with E-state index in [1.165, 1.54) is 25.9 Å². The maximum absolute atomic E-state index is 12.4. The molecular formula is C17H23N3O. The van der Waals surface area contributed by atoms with Crippen molar-refractivity contribution in [1.29, 1.82) is 0 Å². The zero-order valence-corrected chi connectivity index (χ0v) is 12.6. The highest BCUT2D eigenvalue weighted by Crippen LogP contribution is 2.17. The van der Waals surface area contributed by atoms with Crippen molar-refractivity contribution >= 4 is 16.8 Å². The van der Waals surface area contributed by atoms with E-state index >= 15 is 0 Å². The summed E-state index contributed by atoms with van der Waals surface area (Å²) in [6, 6.07) is 7.80. The molecule has 1 aliphatic heterocycles. The Morgan fingerprint density at radius 3 is 2.95 bits per heavy atom. The SMILES string of the molecule is CC(CNC(=O)c1cccc2cc[nH]c12)CN1CCCC1. The van der Waals surface area contributed by atoms with Gasteiger partial charge in [0.05, 0.1) is 11.1 Å². The summed E-state index contributed by atoms with van der Waals surface area (Å²) in [7, 11) is 0. The second-order valence-electron chi connectivity index (χ2n) is 6.07. The smallest absolute Gasteiger partial charge is 0.253 e. The number of fused-ring (bicyclic) bond motifs is 1. The van der Waals surface area contributed by atoms with Crippen LogP contribution in [0, 0.1) is 5.92 Å². The third-order valence-electron chi connectivity index (χ3n) is 4.21. The summed E-state index contributed by atoms with van der Waals surface area (Å²) in [6.45, 7) is 6.42. The average molecular weight is 285 g/mol. The molecule has 1 aliphatic rings. The molecule has 1 aromatic carbocycles. The molecule has 112 valence electrons. The molecular weight excluding hydrogens is 262 g/mol. The molecule has 1 amide bonds. The van der Waals surface area contributed by atoms with Gasteiger partial charge in [-0.2, -0.15) is 0 Å². The minimum absolute atomic E-state index is 0.0105. The van der Waals surface area contributed by atoms with E-state index in [1.54, 1.807) is 0 Å². The zero-order chi connectivity index (χ0) is 14.7. The lowest BCUT2D eigenvalue weighted by Crippen LogP contribution is -2.34. The Balaban J connectivity index is 1.57. The molecule has 1 saturated heterocycles. The first-order chi connectivity index (χ1) is 10.2. The van der Waals surface area contributed by atoms with Crippen LogP contribution in [0.25, 0.3) is 10.9 Å². The van der Waals surface area contributed by atoms with Crippen LogP contribution < -0.4 is 5.32 Å². The van der Waals surface area contributed by atoms with Gasteiger partial charge in [0.1, 0.15) is 0 Å². The first-order valence-electron chi connectivity index (χ1n) is 7.80. The molecule has 0 saturated carbocycles. The van der Waals surface area contributed by atoms with Gasteiger partial charge in [0, 0.05) is 24.7 Å². The highest BCUT2D eigenvalue weighted by atomic mass is 16.1. The average Bonchev–Trinajstić information content (AvgIpc) is 3.14. The van der Waals surface area contributed by atoms with Crippen LogP contribution in [0.3, 0.4) is 0 Å². The lowest BCUT2D eigenvalue weighted by molar-refractivity contribution is 0.0946. The molecule has 2 heterocycles. The summed E-state index contributed by atoms with van der Waals surface area (Å²) in [5.74, 6) is 0.492. The van der Waals surface area contributed by atoms with Crippen LogP contribution in [0.15, 0.2) is 30.5 Å². The summed E-state index contributed by atoms with van der Waals surface area (Å²) in [5, 5.41) is 4.15. The summed E-state index contributed by atoms with van der Waals surface area (Å²) in [5.41, 5.74) is 1.65. The maximum Gasteiger partial charge on any atom is 0.253 e. The van der Waals surface area contributed by atoms with E-state index in [9.17, 15) is 4.79 Å². The van der Waals surface area contributed by atoms with Crippen LogP contribution >= 0.6 is 0 Å². The van der Waals surface area contributed by atoms with Crippen LogP contribution in [0.5, 0.6) is 0 Å². The fourth-order valence-electron chi connectivity index (χ4n) is 3.11. The number of aromatic nitrogens is 1. The van der Waals surface area contributed by atoms with Gasteiger partial charge < -0.3 is 15.2 Å². The van der Waals surface area contributed by atoms with Gasteiger partial charge in [0.2, 0.25) is 0 Å². The summed E-state index contributed by atoms with van der Waals surface area (Å²) in [4.78, 5) is 18.0. The van der Waals surface area contributed by atoms with Crippen molar-refractivity contribution in [2.45, 2.75) is 19.8 Å². The van der Waals surface area contributed by atoms with Gasteiger partial charge in [-0.25, -0.2) is 0 Å². The Morgan fingerprint density at radius 2 is 2.14 bits per heavy atom. The maximum atomic E-state index is 12.4. The third kappa shape index (κ3) is 3.27. The van der Waals surface area contributed by atoms with E-state index in [-0.39, 0.29) is 5.91 Å². The lowest BCUT2D eigenvalue weighted by Gasteiger charge is -2.20. The predicted octanol–water partition coefficient (Wildman–Crippen LogP) is 2.63. The van der Waals surface area contributed by atoms with Crippen molar-refractivity contribution in [2.24, 2.45) is 5.92 Å². The molecule has 1 fully saturated rings. The van der Waals surface area contributed by atoms with Crippen molar-refractivity contribution < 1.29 is 4.79 Å². The third-order valence-corrected chi connectivity index (χ3v) is 4.21. The van der Waals surface area contributed by atoms with Crippen molar-refractivity contribution in [3.8, 4) is 0 Å². The van der Waals surface area contributed by atoms with Crippen LogP contribution in [0.4, 0.5) is 0 Å². The molecule has 4 nitrogen and oxygen atoms in total. The Kier molecular flexibility index (Phi) is 4.25. The molecule has 0 bridgehead atoms. The molecule has 2 N–H and O–H groups in total. The predicted molar refractivity (Wildman–Crippen MR) is 85.5 cm³/mol. The molecule has 4 heteroatoms. The fourth-order valence-corrected chi connectivity index (χ4v) is 3.11. The number of nitrogens with zero attached hydrogens (tertiary/aromatic N) is 1. The van der Waals surface area contributed by atoms with Crippen molar-refractivity contribution in [2.75, 3.05) is 26.2 Å². The van der Waals surface area contributed by atoms with Crippen molar-refractivity contribution in [1.82, 2.24) is 15.2 Å². The fraction of sp³-hybridized carbons (Fsp3) is 0.471. The van der Waals surface area contributed by atoms with Gasteiger partial charge in [-0.05, 0) is 44.0 Å². The highest BCUT2D eigenvalue weighted by Gasteiger charge is 2.16. The van der Waals surface area contributed by atoms with E-state index in [1.807, 2.05) is 30.5 Å². The summed E-state index contributed by atoms with van der Waals surface area (Å²) >= 11 is 0. The van der Waals surface area contributed by atoms with E-state index in [0.717, 1.165) is 29.6 Å². The van der Waals surface area contributed by atoms with E-state index in [0.29, 0.717) is 5.92 Å². The van der Waals surface area contributed by atoms with Gasteiger partial charge in [-0.1, -0.05) is 19.1 Å². The number of H-pyrrole nitrogens is 1. The van der Waals surface area contributed by atoms with E-state index < -0.39 is 0 Å². The number of likely N-dealkylation sites (tertiary alicyclic amines) is 1. The molecule has 0 aliphatic carbocycles. The minimum atomic E-state index is 0.0105. The normalized spacial score (nSPS) is 17.2. The molecule has 1 aromatic heterocycles. The Morgan fingerprint density at radius 1 is 1.33 bits per heavy atom. The van der Waals surface area contributed by atoms with Gasteiger partial charge in [0.15, 0.2) is 0 Å². The Labute approximate surface area is 125 Å². The number of hydrogen-bond donors (Lipinski definition) is 2. The highest BCUT2D eigenvalue weighted by molar-refractivity contribution is 6.05. The molecule has 1 unspecified atom stereocenters. The van der Waals surface area contributed by atoms with Gasteiger partial charge in [-0.15, -0.1) is 0 Å². The standard InChI is InChI=1S/C17H23N3O/c1-13(12-20-9-2-3-10-20)11-19-17(21)15-6-4-5-14-7-8-18-16(14)15/h4-8,13,18H,2-3,9-12H2,1H3,(H,19,21). The Hall–Kier alpha value is -1.81. The minimum Gasteiger partial charge on any atom is -0.361 e. The summed E-state index contributed by atoms with van der Waals surface area (Å²) in [6.07, 6.45) is 4.50. The van der Waals surface area contributed by atoms with Crippen molar-refractivity contribution in [3.05, 3.63) is 36.0 Å². The number of para-hydroxylation sites is 1. The number of benzene rings is 1. The van der Waals surface area contributed by atoms with E-state index in [2.05, 4.69) is 22.1 Å². The van der Waals surface area contributed by atoms with E-state index in [4.69, 9.17) is 0 Å². The van der Waals surface area contributed by atoms with Crippen LogP contribution in [0.1, 0.15) is 30.1 Å². The van der Waals surface area contributed by atoms with Crippen LogP contribution in [-0.2, 0) is 0 Å². The molecule has 1 atom stereocenters. The molecule has 21 heavy (non-hydrogen) atoms. The van der Waals surface area contributed by atoms with Crippen LogP contribution in [0.2, 0.25) is 0 Å². The lowest BCUT2D eigenvalue weighted by atomic mass is 10.1. The first-order valence-corrected chi connectivity index (χ1v) is 7.80. The summed E-state index contributed by atoms with van der Waals surface area (Å²) < 4.78 is 0. The van der Waals surface area contributed by atoms with Crippen LogP contribution in [-0.4, -0.2) is 42.0 Å². The number of hydrogen-bond acceptors (Lipinski definition) is 2.